The van der Waals surface area contributed by atoms with Gasteiger partial charge in [0.05, 0.1) is 6.10 Å². The van der Waals surface area contributed by atoms with Crippen molar-refractivity contribution >= 4 is 0 Å². The van der Waals surface area contributed by atoms with Crippen LogP contribution in [0.15, 0.2) is 18.2 Å². The second kappa shape index (κ2) is 4.62. The maximum Gasteiger partial charge on any atom is 0.126 e. The van der Waals surface area contributed by atoms with Gasteiger partial charge < -0.3 is 9.47 Å². The highest BCUT2D eigenvalue weighted by molar-refractivity contribution is 5.28. The second-order valence-corrected chi connectivity index (χ2v) is 3.86. The van der Waals surface area contributed by atoms with E-state index in [0.29, 0.717) is 17.9 Å². The summed E-state index contributed by atoms with van der Waals surface area (Å²) in [5.74, 6) is 0.517. The van der Waals surface area contributed by atoms with E-state index in [1.165, 1.54) is 6.07 Å². The summed E-state index contributed by atoms with van der Waals surface area (Å²) in [4.78, 5) is 0. The summed E-state index contributed by atoms with van der Waals surface area (Å²) in [7, 11) is 0. The molecule has 0 saturated carbocycles. The lowest BCUT2D eigenvalue weighted by atomic mass is 10.2. The smallest absolute Gasteiger partial charge is 0.126 e. The van der Waals surface area contributed by atoms with Crippen LogP contribution in [0.5, 0.6) is 5.75 Å². The van der Waals surface area contributed by atoms with E-state index in [1.54, 1.807) is 19.1 Å². The van der Waals surface area contributed by atoms with Crippen LogP contribution in [-0.4, -0.2) is 19.3 Å². The minimum Gasteiger partial charge on any atom is -0.491 e. The van der Waals surface area contributed by atoms with Crippen molar-refractivity contribution in [3.8, 4) is 5.75 Å². The first kappa shape index (κ1) is 10.4. The summed E-state index contributed by atoms with van der Waals surface area (Å²) in [6.45, 7) is 3.12. The number of benzene rings is 1. The summed E-state index contributed by atoms with van der Waals surface area (Å²) in [5, 5.41) is 0. The van der Waals surface area contributed by atoms with Gasteiger partial charge in [0.2, 0.25) is 0 Å². The van der Waals surface area contributed by atoms with Crippen molar-refractivity contribution in [1.29, 1.82) is 0 Å². The highest BCUT2D eigenvalue weighted by atomic mass is 19.1. The maximum atomic E-state index is 13.0. The third-order valence-electron chi connectivity index (χ3n) is 2.59. The molecule has 0 aromatic heterocycles. The molecule has 1 heterocycles. The molecule has 1 atom stereocenters. The fraction of sp³-hybridized carbons (Fsp3) is 0.500. The lowest BCUT2D eigenvalue weighted by Crippen LogP contribution is -2.16. The van der Waals surface area contributed by atoms with E-state index in [-0.39, 0.29) is 11.9 Å². The largest absolute Gasteiger partial charge is 0.491 e. The van der Waals surface area contributed by atoms with Gasteiger partial charge in [-0.25, -0.2) is 4.39 Å². The van der Waals surface area contributed by atoms with Crippen LogP contribution < -0.4 is 4.74 Å². The van der Waals surface area contributed by atoms with Crippen LogP contribution in [-0.2, 0) is 4.74 Å². The molecular formula is C12H15FO2. The average Bonchev–Trinajstić information content (AvgIpc) is 2.73. The topological polar surface area (TPSA) is 18.5 Å². The lowest BCUT2D eigenvalue weighted by Gasteiger charge is -2.11. The van der Waals surface area contributed by atoms with Crippen LogP contribution in [0.4, 0.5) is 4.39 Å². The van der Waals surface area contributed by atoms with E-state index in [2.05, 4.69) is 0 Å². The third kappa shape index (κ3) is 2.69. The Morgan fingerprint density at radius 2 is 2.40 bits per heavy atom. The van der Waals surface area contributed by atoms with Crippen LogP contribution in [0.3, 0.4) is 0 Å². The van der Waals surface area contributed by atoms with Gasteiger partial charge >= 0.3 is 0 Å². The van der Waals surface area contributed by atoms with Crippen LogP contribution in [0.2, 0.25) is 0 Å². The molecule has 0 unspecified atom stereocenters. The number of halogens is 1. The molecule has 0 N–H and O–H groups in total. The molecule has 0 bridgehead atoms. The highest BCUT2D eigenvalue weighted by Crippen LogP contribution is 2.18. The molecule has 0 radical (unpaired) electrons. The van der Waals surface area contributed by atoms with E-state index in [4.69, 9.17) is 9.47 Å². The molecule has 2 nitrogen and oxygen atoms in total. The molecule has 15 heavy (non-hydrogen) atoms. The van der Waals surface area contributed by atoms with Gasteiger partial charge in [-0.15, -0.1) is 0 Å². The minimum absolute atomic E-state index is 0.195. The van der Waals surface area contributed by atoms with Gasteiger partial charge in [-0.1, -0.05) is 0 Å². The zero-order chi connectivity index (χ0) is 10.7. The Labute approximate surface area is 89.0 Å². The van der Waals surface area contributed by atoms with E-state index >= 15 is 0 Å². The normalized spacial score (nSPS) is 20.5. The molecule has 2 rings (SSSR count). The van der Waals surface area contributed by atoms with Gasteiger partial charge in [0.15, 0.2) is 0 Å². The van der Waals surface area contributed by atoms with E-state index < -0.39 is 0 Å². The molecular weight excluding hydrogens is 195 g/mol. The van der Waals surface area contributed by atoms with Crippen molar-refractivity contribution in [3.05, 3.63) is 29.6 Å². The predicted octanol–water partition coefficient (Wildman–Crippen LogP) is 2.69. The highest BCUT2D eigenvalue weighted by Gasteiger charge is 2.15. The monoisotopic (exact) mass is 210 g/mol. The minimum atomic E-state index is -0.195. The molecule has 82 valence electrons. The Morgan fingerprint density at radius 3 is 3.07 bits per heavy atom. The van der Waals surface area contributed by atoms with Crippen molar-refractivity contribution in [1.82, 2.24) is 0 Å². The summed E-state index contributed by atoms with van der Waals surface area (Å²) in [5.41, 5.74) is 0.611. The van der Waals surface area contributed by atoms with Gasteiger partial charge in [0.1, 0.15) is 18.2 Å². The number of rotatable bonds is 3. The van der Waals surface area contributed by atoms with Gasteiger partial charge in [0, 0.05) is 6.61 Å². The third-order valence-corrected chi connectivity index (χ3v) is 2.59. The maximum absolute atomic E-state index is 13.0. The second-order valence-electron chi connectivity index (χ2n) is 3.86. The molecule has 1 saturated heterocycles. The van der Waals surface area contributed by atoms with Crippen molar-refractivity contribution < 1.29 is 13.9 Å². The van der Waals surface area contributed by atoms with Crippen molar-refractivity contribution in [2.45, 2.75) is 25.9 Å². The Hall–Kier alpha value is -1.09. The summed E-state index contributed by atoms with van der Waals surface area (Å²) >= 11 is 0. The first-order valence-electron chi connectivity index (χ1n) is 5.26. The molecule has 1 aromatic rings. The van der Waals surface area contributed by atoms with Crippen molar-refractivity contribution in [2.24, 2.45) is 0 Å². The van der Waals surface area contributed by atoms with Gasteiger partial charge in [-0.05, 0) is 43.5 Å². The fourth-order valence-corrected chi connectivity index (χ4v) is 1.67. The summed E-state index contributed by atoms with van der Waals surface area (Å²) in [6.07, 6.45) is 2.37. The Kier molecular flexibility index (Phi) is 3.21. The van der Waals surface area contributed by atoms with E-state index in [0.717, 1.165) is 19.4 Å². The Bertz CT molecular complexity index is 332. The van der Waals surface area contributed by atoms with Gasteiger partial charge in [0.25, 0.3) is 0 Å². The van der Waals surface area contributed by atoms with E-state index in [9.17, 15) is 4.39 Å². The molecule has 0 spiro atoms. The standard InChI is InChI=1S/C12H15FO2/c1-9-7-10(4-5-12(9)13)15-8-11-3-2-6-14-11/h4-5,7,11H,2-3,6,8H2,1H3/t11-/m0/s1. The van der Waals surface area contributed by atoms with Crippen molar-refractivity contribution in [3.63, 3.8) is 0 Å². The zero-order valence-electron chi connectivity index (χ0n) is 8.83. The molecule has 0 amide bonds. The quantitative estimate of drug-likeness (QED) is 0.763. The van der Waals surface area contributed by atoms with Crippen LogP contribution in [0, 0.1) is 12.7 Å². The summed E-state index contributed by atoms with van der Waals surface area (Å²) in [6, 6.07) is 4.79. The number of hydrogen-bond donors (Lipinski definition) is 0. The number of hydrogen-bond acceptors (Lipinski definition) is 2. The Morgan fingerprint density at radius 1 is 1.53 bits per heavy atom. The lowest BCUT2D eigenvalue weighted by molar-refractivity contribution is 0.0679. The summed E-state index contributed by atoms with van der Waals surface area (Å²) < 4.78 is 23.9. The average molecular weight is 210 g/mol. The van der Waals surface area contributed by atoms with Gasteiger partial charge in [-0.3, -0.25) is 0 Å². The zero-order valence-corrected chi connectivity index (χ0v) is 8.83. The molecule has 1 aliphatic heterocycles. The van der Waals surface area contributed by atoms with E-state index in [1.807, 2.05) is 0 Å². The fourth-order valence-electron chi connectivity index (χ4n) is 1.67. The first-order valence-corrected chi connectivity index (χ1v) is 5.26. The van der Waals surface area contributed by atoms with Crippen LogP contribution in [0.1, 0.15) is 18.4 Å². The molecule has 1 aliphatic rings. The molecule has 3 heteroatoms. The number of ether oxygens (including phenoxy) is 2. The Balaban J connectivity index is 1.90. The van der Waals surface area contributed by atoms with Gasteiger partial charge in [-0.2, -0.15) is 0 Å². The predicted molar refractivity (Wildman–Crippen MR) is 55.6 cm³/mol. The molecule has 1 fully saturated rings. The van der Waals surface area contributed by atoms with Crippen molar-refractivity contribution in [2.75, 3.05) is 13.2 Å². The first-order chi connectivity index (χ1) is 7.25. The molecule has 1 aromatic carbocycles. The SMILES string of the molecule is Cc1cc(OC[C@@H]2CCCO2)ccc1F. The van der Waals surface area contributed by atoms with Crippen LogP contribution in [0.25, 0.3) is 0 Å². The number of aryl methyl sites for hydroxylation is 1. The van der Waals surface area contributed by atoms with Crippen LogP contribution >= 0.6 is 0 Å². The molecule has 0 aliphatic carbocycles.